The molecule has 1 spiro atoms. The molecule has 5 rings (SSSR count). The summed E-state index contributed by atoms with van der Waals surface area (Å²) in [4.78, 5) is 49.6. The fourth-order valence-corrected chi connectivity index (χ4v) is 4.43. The smallest absolute Gasteiger partial charge is 0.475 e. The summed E-state index contributed by atoms with van der Waals surface area (Å²) in [6, 6.07) is 9.37. The van der Waals surface area contributed by atoms with E-state index in [1.165, 1.54) is 4.68 Å². The van der Waals surface area contributed by atoms with Crippen LogP contribution in [0.2, 0.25) is 0 Å². The van der Waals surface area contributed by atoms with E-state index in [0.717, 1.165) is 44.1 Å². The zero-order chi connectivity index (χ0) is 31.3. The highest BCUT2D eigenvalue weighted by Crippen LogP contribution is 2.40. The van der Waals surface area contributed by atoms with Crippen molar-refractivity contribution in [3.05, 3.63) is 80.8 Å². The number of aliphatic carboxylic acids is 2. The summed E-state index contributed by atoms with van der Waals surface area (Å²) >= 11 is 0. The Bertz CT molecular complexity index is 1480. The molecule has 2 N–H and O–H groups in total. The van der Waals surface area contributed by atoms with Crippen molar-refractivity contribution in [1.82, 2.24) is 24.2 Å². The number of furan rings is 1. The van der Waals surface area contributed by atoms with Crippen LogP contribution in [0.5, 0.6) is 0 Å². The quantitative estimate of drug-likeness (QED) is 0.333. The number of halogens is 6. The molecular formula is C24H23F6N5O7. The van der Waals surface area contributed by atoms with Gasteiger partial charge < -0.3 is 14.6 Å². The number of alkyl halides is 6. The fraction of sp³-hybridized carbons (Fsp3) is 0.417. The monoisotopic (exact) mass is 607 g/mol. The Hall–Kier alpha value is -4.48. The van der Waals surface area contributed by atoms with Crippen molar-refractivity contribution in [3.8, 4) is 0 Å². The number of carboxylic acid groups (broad SMARTS) is 2. The summed E-state index contributed by atoms with van der Waals surface area (Å²) in [5.41, 5.74) is -0.552. The molecule has 1 fully saturated rings. The van der Waals surface area contributed by atoms with Crippen LogP contribution in [0, 0.1) is 0 Å². The van der Waals surface area contributed by atoms with Crippen LogP contribution in [0.25, 0.3) is 0 Å². The maximum atomic E-state index is 12.7. The van der Waals surface area contributed by atoms with Gasteiger partial charge in [-0.3, -0.25) is 24.0 Å². The van der Waals surface area contributed by atoms with Crippen molar-refractivity contribution in [2.75, 3.05) is 13.1 Å². The number of pyridine rings is 1. The van der Waals surface area contributed by atoms with Gasteiger partial charge in [0.25, 0.3) is 0 Å². The SMILES string of the molecule is O=C(O)C(F)(F)F.O=C(O)C(F)(F)F.O=c1c(=O)n2c(nn1Cc1ccccn1)C1(CCN(Cc3ccco3)C1)CC2. The van der Waals surface area contributed by atoms with E-state index in [1.807, 2.05) is 30.3 Å². The van der Waals surface area contributed by atoms with Crippen LogP contribution in [-0.4, -0.2) is 71.8 Å². The minimum absolute atomic E-state index is 0.189. The van der Waals surface area contributed by atoms with Gasteiger partial charge in [-0.1, -0.05) is 6.07 Å². The number of hydrogen-bond donors (Lipinski definition) is 2. The third-order valence-corrected chi connectivity index (χ3v) is 6.34. The predicted octanol–water partition coefficient (Wildman–Crippen LogP) is 2.26. The molecular weight excluding hydrogens is 584 g/mol. The summed E-state index contributed by atoms with van der Waals surface area (Å²) in [7, 11) is 0. The lowest BCUT2D eigenvalue weighted by Crippen LogP contribution is -2.45. The average molecular weight is 607 g/mol. The zero-order valence-corrected chi connectivity index (χ0v) is 21.4. The molecule has 0 aromatic carbocycles. The van der Waals surface area contributed by atoms with Gasteiger partial charge in [0.05, 0.1) is 25.0 Å². The average Bonchev–Trinajstić information content (AvgIpc) is 3.65. The van der Waals surface area contributed by atoms with E-state index < -0.39 is 35.4 Å². The van der Waals surface area contributed by atoms with E-state index in [9.17, 15) is 35.9 Å². The summed E-state index contributed by atoms with van der Waals surface area (Å²) in [5.74, 6) is -3.85. The minimum atomic E-state index is -5.08. The number of carbonyl (C=O) groups is 2. The number of aromatic nitrogens is 4. The highest BCUT2D eigenvalue weighted by Gasteiger charge is 2.47. The fourth-order valence-electron chi connectivity index (χ4n) is 4.43. The molecule has 18 heteroatoms. The van der Waals surface area contributed by atoms with Crippen molar-refractivity contribution >= 4 is 11.9 Å². The van der Waals surface area contributed by atoms with Crippen molar-refractivity contribution in [1.29, 1.82) is 0 Å². The van der Waals surface area contributed by atoms with Crippen LogP contribution in [-0.2, 0) is 34.6 Å². The topological polar surface area (TPSA) is 161 Å². The van der Waals surface area contributed by atoms with E-state index in [0.29, 0.717) is 12.2 Å². The van der Waals surface area contributed by atoms with Gasteiger partial charge >= 0.3 is 35.4 Å². The second-order valence-corrected chi connectivity index (χ2v) is 9.24. The highest BCUT2D eigenvalue weighted by molar-refractivity contribution is 5.73. The van der Waals surface area contributed by atoms with Gasteiger partial charge in [0.15, 0.2) is 0 Å². The molecule has 0 aliphatic carbocycles. The number of nitrogens with zero attached hydrogens (tertiary/aromatic N) is 5. The molecule has 0 saturated carbocycles. The number of carboxylic acids is 2. The first-order chi connectivity index (χ1) is 19.5. The Morgan fingerprint density at radius 1 is 0.905 bits per heavy atom. The molecule has 0 bridgehead atoms. The second-order valence-electron chi connectivity index (χ2n) is 9.24. The first-order valence-corrected chi connectivity index (χ1v) is 12.0. The van der Waals surface area contributed by atoms with Gasteiger partial charge in [0.1, 0.15) is 11.6 Å². The van der Waals surface area contributed by atoms with Gasteiger partial charge in [0.2, 0.25) is 0 Å². The van der Waals surface area contributed by atoms with E-state index in [2.05, 4.69) is 15.0 Å². The molecule has 3 aromatic heterocycles. The molecule has 12 nitrogen and oxygen atoms in total. The van der Waals surface area contributed by atoms with Crippen molar-refractivity contribution in [3.63, 3.8) is 0 Å². The van der Waals surface area contributed by atoms with E-state index >= 15 is 0 Å². The van der Waals surface area contributed by atoms with E-state index in [4.69, 9.17) is 24.2 Å². The minimum Gasteiger partial charge on any atom is -0.475 e. The number of rotatable bonds is 4. The first-order valence-electron chi connectivity index (χ1n) is 12.0. The highest BCUT2D eigenvalue weighted by atomic mass is 19.4. The van der Waals surface area contributed by atoms with Crippen LogP contribution in [0.3, 0.4) is 0 Å². The molecule has 1 atom stereocenters. The van der Waals surface area contributed by atoms with Crippen LogP contribution in [0.4, 0.5) is 26.3 Å². The molecule has 228 valence electrons. The Morgan fingerprint density at radius 2 is 1.52 bits per heavy atom. The molecule has 2 aliphatic rings. The van der Waals surface area contributed by atoms with Crippen LogP contribution in [0.1, 0.15) is 30.1 Å². The predicted molar refractivity (Wildman–Crippen MR) is 128 cm³/mol. The summed E-state index contributed by atoms with van der Waals surface area (Å²) in [5, 5.41) is 18.9. The molecule has 1 saturated heterocycles. The molecule has 42 heavy (non-hydrogen) atoms. The molecule has 0 amide bonds. The molecule has 1 unspecified atom stereocenters. The van der Waals surface area contributed by atoms with Crippen LogP contribution in [0.15, 0.2) is 56.8 Å². The molecule has 3 aromatic rings. The Kier molecular flexibility index (Phi) is 9.60. The van der Waals surface area contributed by atoms with Gasteiger partial charge in [-0.25, -0.2) is 14.3 Å². The first kappa shape index (κ1) is 32.0. The third-order valence-electron chi connectivity index (χ3n) is 6.34. The lowest BCUT2D eigenvalue weighted by Gasteiger charge is -2.23. The lowest BCUT2D eigenvalue weighted by atomic mass is 9.85. The van der Waals surface area contributed by atoms with Crippen molar-refractivity contribution in [2.45, 2.75) is 50.2 Å². The molecule has 5 heterocycles. The lowest BCUT2D eigenvalue weighted by molar-refractivity contribution is -0.193. The van der Waals surface area contributed by atoms with Crippen molar-refractivity contribution in [2.24, 2.45) is 0 Å². The standard InChI is InChI=1S/C20H21N5O3.2C2HF3O2/c26-17-18(27)25(12-15-4-1-2-8-21-15)22-19-20(7-10-24(17)19)6-9-23(14-20)13-16-5-3-11-28-16;2*3-2(4,5)1(6)7/h1-5,8,11H,6-7,9-10,12-14H2;2*(H,6,7). The maximum Gasteiger partial charge on any atom is 0.490 e. The Labute approximate surface area is 231 Å². The summed E-state index contributed by atoms with van der Waals surface area (Å²) < 4.78 is 71.8. The van der Waals surface area contributed by atoms with Crippen LogP contribution >= 0.6 is 0 Å². The largest absolute Gasteiger partial charge is 0.490 e. The van der Waals surface area contributed by atoms with Crippen molar-refractivity contribution < 1.29 is 50.6 Å². The second kappa shape index (κ2) is 12.6. The van der Waals surface area contributed by atoms with Gasteiger partial charge in [-0.2, -0.15) is 31.4 Å². The molecule has 0 radical (unpaired) electrons. The summed E-state index contributed by atoms with van der Waals surface area (Å²) in [6.07, 6.45) is -5.06. The Balaban J connectivity index is 0.000000289. The van der Waals surface area contributed by atoms with Gasteiger partial charge in [-0.15, -0.1) is 0 Å². The zero-order valence-electron chi connectivity index (χ0n) is 21.4. The van der Waals surface area contributed by atoms with Crippen LogP contribution < -0.4 is 11.1 Å². The normalized spacial score (nSPS) is 18.0. The third kappa shape index (κ3) is 7.83. The van der Waals surface area contributed by atoms with Gasteiger partial charge in [-0.05, 0) is 43.7 Å². The van der Waals surface area contributed by atoms with Gasteiger partial charge in [0, 0.05) is 24.7 Å². The van der Waals surface area contributed by atoms with E-state index in [-0.39, 0.29) is 12.0 Å². The Morgan fingerprint density at radius 3 is 2.05 bits per heavy atom. The summed E-state index contributed by atoms with van der Waals surface area (Å²) in [6.45, 7) is 3.22. The number of fused-ring (bicyclic) bond motifs is 2. The van der Waals surface area contributed by atoms with E-state index in [1.54, 1.807) is 17.0 Å². The maximum absolute atomic E-state index is 12.7. The number of likely N-dealkylation sites (tertiary alicyclic amines) is 1. The number of hydrogen-bond acceptors (Lipinski definition) is 8. The molecule has 2 aliphatic heterocycles.